The Labute approximate surface area is 263 Å². The molecule has 0 saturated carbocycles. The summed E-state index contributed by atoms with van der Waals surface area (Å²) < 4.78 is 0. The minimum atomic E-state index is -0.223. The minimum absolute atomic E-state index is 0.140. The van der Waals surface area contributed by atoms with Gasteiger partial charge in [0.2, 0.25) is 5.91 Å². The quantitative estimate of drug-likeness (QED) is 0.177. The first-order chi connectivity index (χ1) is 21.8. The van der Waals surface area contributed by atoms with Gasteiger partial charge in [0.25, 0.3) is 5.91 Å². The number of aromatic nitrogens is 2. The number of hydrogen-bond acceptors (Lipinski definition) is 6. The van der Waals surface area contributed by atoms with Gasteiger partial charge in [0.05, 0.1) is 11.3 Å². The molecule has 0 radical (unpaired) electrons. The molecule has 0 unspecified atom stereocenters. The monoisotopic (exact) mass is 601 g/mol. The molecule has 0 atom stereocenters. The summed E-state index contributed by atoms with van der Waals surface area (Å²) in [7, 11) is 4.09. The molecular formula is C36H39N7O2. The highest BCUT2D eigenvalue weighted by molar-refractivity contribution is 6.06. The molecule has 0 aliphatic carbocycles. The molecular weight excluding hydrogens is 562 g/mol. The number of benzene rings is 3. The smallest absolute Gasteiger partial charge is 0.253 e. The van der Waals surface area contributed by atoms with E-state index < -0.39 is 0 Å². The summed E-state index contributed by atoms with van der Waals surface area (Å²) in [5.74, 6) is -0.363. The number of nitrogens with one attached hydrogen (secondary N) is 4. The third kappa shape index (κ3) is 6.53. The highest BCUT2D eigenvalue weighted by Crippen LogP contribution is 2.40. The zero-order valence-electron chi connectivity index (χ0n) is 26.2. The van der Waals surface area contributed by atoms with Crippen LogP contribution in [-0.2, 0) is 11.3 Å². The van der Waals surface area contributed by atoms with Gasteiger partial charge in [-0.3, -0.25) is 9.59 Å². The number of H-pyrrole nitrogens is 1. The van der Waals surface area contributed by atoms with Crippen molar-refractivity contribution in [3.8, 4) is 22.4 Å². The number of nitrogens with zero attached hydrogens (tertiary/aromatic N) is 3. The van der Waals surface area contributed by atoms with Crippen LogP contribution in [-0.4, -0.2) is 67.0 Å². The van der Waals surface area contributed by atoms with E-state index in [4.69, 9.17) is 4.98 Å². The van der Waals surface area contributed by atoms with Gasteiger partial charge in [-0.25, -0.2) is 4.98 Å². The molecule has 1 fully saturated rings. The van der Waals surface area contributed by atoms with Gasteiger partial charge in [-0.1, -0.05) is 36.4 Å². The molecule has 3 heterocycles. The Bertz CT molecular complexity index is 1850. The summed E-state index contributed by atoms with van der Waals surface area (Å²) >= 11 is 0. The molecule has 9 nitrogen and oxygen atoms in total. The molecule has 2 aromatic heterocycles. The third-order valence-corrected chi connectivity index (χ3v) is 8.43. The van der Waals surface area contributed by atoms with Gasteiger partial charge in [0.1, 0.15) is 5.65 Å². The van der Waals surface area contributed by atoms with Crippen molar-refractivity contribution in [3.63, 3.8) is 0 Å². The van der Waals surface area contributed by atoms with Gasteiger partial charge in [0, 0.05) is 80.9 Å². The van der Waals surface area contributed by atoms with Gasteiger partial charge >= 0.3 is 0 Å². The van der Waals surface area contributed by atoms with Crippen LogP contribution in [0.15, 0.2) is 79.0 Å². The summed E-state index contributed by atoms with van der Waals surface area (Å²) in [5.41, 5.74) is 10.2. The molecule has 3 aromatic carbocycles. The summed E-state index contributed by atoms with van der Waals surface area (Å²) in [6.07, 6.45) is 1.61. The van der Waals surface area contributed by atoms with Crippen LogP contribution < -0.4 is 20.9 Å². The van der Waals surface area contributed by atoms with E-state index >= 15 is 0 Å². The summed E-state index contributed by atoms with van der Waals surface area (Å²) in [6, 6.07) is 24.4. The number of fused-ring (bicyclic) bond motifs is 1. The SMILES string of the molecule is CNc1cc(-c2c(-c3ccc(N4CCN(C)CC4)cc3)[nH]c3ncc(C(=O)NCc4cccc(NC(C)=O)c4)cc23)ccc1C. The number of likely N-dealkylation sites (N-methyl/N-ethyl adjacent to an activating group) is 1. The Balaban J connectivity index is 1.34. The summed E-state index contributed by atoms with van der Waals surface area (Å²) in [5, 5.41) is 9.97. The predicted molar refractivity (Wildman–Crippen MR) is 183 cm³/mol. The van der Waals surface area contributed by atoms with Gasteiger partial charge in [-0.05, 0) is 72.6 Å². The van der Waals surface area contributed by atoms with Gasteiger partial charge in [-0.2, -0.15) is 0 Å². The lowest BCUT2D eigenvalue weighted by Gasteiger charge is -2.34. The average molecular weight is 602 g/mol. The zero-order valence-corrected chi connectivity index (χ0v) is 26.2. The average Bonchev–Trinajstić information content (AvgIpc) is 3.43. The number of aryl methyl sites for hydroxylation is 1. The Kier molecular flexibility index (Phi) is 8.53. The van der Waals surface area contributed by atoms with Crippen molar-refractivity contribution in [2.24, 2.45) is 0 Å². The van der Waals surface area contributed by atoms with Crippen LogP contribution in [0.1, 0.15) is 28.4 Å². The van der Waals surface area contributed by atoms with Crippen LogP contribution in [0.4, 0.5) is 17.1 Å². The van der Waals surface area contributed by atoms with Gasteiger partial charge in [-0.15, -0.1) is 0 Å². The summed E-state index contributed by atoms with van der Waals surface area (Å²) in [4.78, 5) is 37.9. The van der Waals surface area contributed by atoms with Crippen LogP contribution in [0.2, 0.25) is 0 Å². The van der Waals surface area contributed by atoms with Crippen LogP contribution in [0, 0.1) is 6.92 Å². The lowest BCUT2D eigenvalue weighted by molar-refractivity contribution is -0.114. The second-order valence-electron chi connectivity index (χ2n) is 11.7. The number of carbonyl (C=O) groups is 2. The largest absolute Gasteiger partial charge is 0.388 e. The molecule has 6 rings (SSSR count). The van der Waals surface area contributed by atoms with Crippen molar-refractivity contribution in [3.05, 3.63) is 95.7 Å². The number of anilines is 3. The molecule has 5 aromatic rings. The van der Waals surface area contributed by atoms with E-state index in [-0.39, 0.29) is 11.8 Å². The first kappa shape index (κ1) is 29.9. The molecule has 0 bridgehead atoms. The molecule has 4 N–H and O–H groups in total. The maximum atomic E-state index is 13.4. The predicted octanol–water partition coefficient (Wildman–Crippen LogP) is 5.89. The van der Waals surface area contributed by atoms with Crippen molar-refractivity contribution in [1.82, 2.24) is 20.2 Å². The highest BCUT2D eigenvalue weighted by Gasteiger charge is 2.20. The highest BCUT2D eigenvalue weighted by atomic mass is 16.2. The van der Waals surface area contributed by atoms with Crippen LogP contribution >= 0.6 is 0 Å². The van der Waals surface area contributed by atoms with E-state index in [2.05, 4.69) is 87.2 Å². The van der Waals surface area contributed by atoms with Crippen molar-refractivity contribution < 1.29 is 9.59 Å². The van der Waals surface area contributed by atoms with E-state index in [0.29, 0.717) is 23.4 Å². The number of pyridine rings is 1. The Morgan fingerprint density at radius 3 is 2.42 bits per heavy atom. The van der Waals surface area contributed by atoms with E-state index in [1.807, 2.05) is 37.4 Å². The molecule has 230 valence electrons. The number of hydrogen-bond donors (Lipinski definition) is 4. The lowest BCUT2D eigenvalue weighted by atomic mass is 9.96. The fraction of sp³-hybridized carbons (Fsp3) is 0.250. The second-order valence-corrected chi connectivity index (χ2v) is 11.7. The fourth-order valence-electron chi connectivity index (χ4n) is 5.91. The van der Waals surface area contributed by atoms with Crippen molar-refractivity contribution in [2.75, 3.05) is 55.8 Å². The fourth-order valence-corrected chi connectivity index (χ4v) is 5.91. The van der Waals surface area contributed by atoms with Gasteiger partial charge in [0.15, 0.2) is 0 Å². The van der Waals surface area contributed by atoms with Crippen molar-refractivity contribution in [1.29, 1.82) is 0 Å². The van der Waals surface area contributed by atoms with E-state index in [1.54, 1.807) is 6.20 Å². The Morgan fingerprint density at radius 2 is 1.69 bits per heavy atom. The Hall–Kier alpha value is -5.15. The third-order valence-electron chi connectivity index (χ3n) is 8.43. The molecule has 0 spiro atoms. The van der Waals surface area contributed by atoms with Crippen molar-refractivity contribution >= 4 is 39.9 Å². The number of carbonyl (C=O) groups excluding carboxylic acids is 2. The topological polar surface area (TPSA) is 105 Å². The molecule has 2 amide bonds. The van der Waals surface area contributed by atoms with E-state index in [1.165, 1.54) is 12.6 Å². The maximum Gasteiger partial charge on any atom is 0.253 e. The number of rotatable bonds is 8. The number of piperazine rings is 1. The number of amides is 2. The molecule has 1 aliphatic heterocycles. The zero-order chi connectivity index (χ0) is 31.5. The molecule has 45 heavy (non-hydrogen) atoms. The first-order valence-corrected chi connectivity index (χ1v) is 15.3. The van der Waals surface area contributed by atoms with Crippen LogP contribution in [0.3, 0.4) is 0 Å². The minimum Gasteiger partial charge on any atom is -0.388 e. The van der Waals surface area contributed by atoms with E-state index in [0.717, 1.165) is 70.8 Å². The van der Waals surface area contributed by atoms with Crippen molar-refractivity contribution in [2.45, 2.75) is 20.4 Å². The van der Waals surface area contributed by atoms with E-state index in [9.17, 15) is 9.59 Å². The normalized spacial score (nSPS) is 13.6. The number of aromatic amines is 1. The lowest BCUT2D eigenvalue weighted by Crippen LogP contribution is -2.44. The first-order valence-electron chi connectivity index (χ1n) is 15.3. The van der Waals surface area contributed by atoms with Gasteiger partial charge < -0.3 is 30.7 Å². The maximum absolute atomic E-state index is 13.4. The molecule has 1 saturated heterocycles. The summed E-state index contributed by atoms with van der Waals surface area (Å²) in [6.45, 7) is 8.01. The molecule has 9 heteroatoms. The van der Waals surface area contributed by atoms with Crippen LogP contribution in [0.25, 0.3) is 33.4 Å². The van der Waals surface area contributed by atoms with Crippen LogP contribution in [0.5, 0.6) is 0 Å². The standard InChI is InChI=1S/C36H39N7O2/c1-23-8-9-27(20-32(23)37-3)33-31-19-28(36(45)39-21-25-6-5-7-29(18-25)40-24(2)44)22-38-35(31)41-34(33)26-10-12-30(13-11-26)43-16-14-42(4)15-17-43/h5-13,18-20,22,37H,14-17,21H2,1-4H3,(H,38,41)(H,39,45)(H,40,44). The second kappa shape index (κ2) is 12.8. The Morgan fingerprint density at radius 1 is 0.933 bits per heavy atom. The molecule has 1 aliphatic rings.